The largest absolute Gasteiger partial charge is 0.488 e. The number of ether oxygens (including phenoxy) is 1. The Morgan fingerprint density at radius 2 is 1.83 bits per heavy atom. The normalized spacial score (nSPS) is 12.9. The second kappa shape index (κ2) is 6.84. The zero-order valence-corrected chi connectivity index (χ0v) is 12.9. The summed E-state index contributed by atoms with van der Waals surface area (Å²) < 4.78 is 5.79. The zero-order chi connectivity index (χ0) is 16.9. The van der Waals surface area contributed by atoms with Crippen molar-refractivity contribution in [3.63, 3.8) is 0 Å². The van der Waals surface area contributed by atoms with Crippen LogP contribution in [0.2, 0.25) is 0 Å². The number of nitrogens with one attached hydrogen (secondary N) is 1. The molecular weight excluding hydrogens is 302 g/mol. The molecule has 0 saturated carbocycles. The number of hydrogen-bond acceptors (Lipinski definition) is 4. The summed E-state index contributed by atoms with van der Waals surface area (Å²) in [6.07, 6.45) is 6.48. The third kappa shape index (κ3) is 3.06. The first-order valence-corrected chi connectivity index (χ1v) is 7.48. The highest BCUT2D eigenvalue weighted by molar-refractivity contribution is 6.25. The van der Waals surface area contributed by atoms with Crippen LogP contribution >= 0.6 is 0 Å². The van der Waals surface area contributed by atoms with E-state index in [9.17, 15) is 9.59 Å². The minimum Gasteiger partial charge on any atom is -0.488 e. The van der Waals surface area contributed by atoms with Crippen LogP contribution < -0.4 is 10.1 Å². The van der Waals surface area contributed by atoms with E-state index >= 15 is 0 Å². The average molecular weight is 317 g/mol. The lowest BCUT2D eigenvalue weighted by molar-refractivity contribution is 0.0974. The van der Waals surface area contributed by atoms with Gasteiger partial charge in [0.25, 0.3) is 0 Å². The molecule has 1 aliphatic rings. The third-order valence-corrected chi connectivity index (χ3v) is 3.66. The highest BCUT2D eigenvalue weighted by Gasteiger charge is 2.28. The summed E-state index contributed by atoms with van der Waals surface area (Å²) in [4.78, 5) is 24.9. The van der Waals surface area contributed by atoms with Crippen molar-refractivity contribution in [3.8, 4) is 18.1 Å². The van der Waals surface area contributed by atoms with Gasteiger partial charge in [-0.25, -0.2) is 0 Å². The SMILES string of the molecule is C#CCNC1=CC(=O)c2cccc(OCc3ccccc3)c2C1=O. The number of allylic oxidation sites excluding steroid dienone is 2. The van der Waals surface area contributed by atoms with Crippen LogP contribution in [0.4, 0.5) is 0 Å². The molecule has 2 aromatic carbocycles. The van der Waals surface area contributed by atoms with Gasteiger partial charge in [-0.1, -0.05) is 48.4 Å². The fraction of sp³-hybridized carbons (Fsp3) is 0.100. The highest BCUT2D eigenvalue weighted by atomic mass is 16.5. The standard InChI is InChI=1S/C20H15NO3/c1-2-11-21-16-12-17(22)15-9-6-10-18(19(15)20(16)23)24-13-14-7-4-3-5-8-14/h1,3-10,12,21H,11,13H2. The summed E-state index contributed by atoms with van der Waals surface area (Å²) in [6.45, 7) is 0.489. The summed E-state index contributed by atoms with van der Waals surface area (Å²) in [5, 5.41) is 2.79. The van der Waals surface area contributed by atoms with Crippen LogP contribution in [-0.4, -0.2) is 18.1 Å². The fourth-order valence-electron chi connectivity index (χ4n) is 2.51. The first-order valence-electron chi connectivity index (χ1n) is 7.48. The van der Waals surface area contributed by atoms with Crippen molar-refractivity contribution in [3.05, 3.63) is 77.0 Å². The van der Waals surface area contributed by atoms with Gasteiger partial charge in [0, 0.05) is 11.6 Å². The zero-order valence-electron chi connectivity index (χ0n) is 12.9. The minimum absolute atomic E-state index is 0.174. The van der Waals surface area contributed by atoms with Gasteiger partial charge in [0.2, 0.25) is 5.78 Å². The lowest BCUT2D eigenvalue weighted by Crippen LogP contribution is -2.27. The molecule has 3 rings (SSSR count). The molecule has 4 heteroatoms. The molecule has 0 unspecified atom stereocenters. The molecule has 0 spiro atoms. The van der Waals surface area contributed by atoms with Crippen LogP contribution in [0.5, 0.6) is 5.75 Å². The third-order valence-electron chi connectivity index (χ3n) is 3.66. The van der Waals surface area contributed by atoms with E-state index in [1.165, 1.54) is 6.08 Å². The number of carbonyl (C=O) groups excluding carboxylic acids is 2. The van der Waals surface area contributed by atoms with Gasteiger partial charge in [0.15, 0.2) is 5.78 Å². The predicted molar refractivity (Wildman–Crippen MR) is 90.8 cm³/mol. The van der Waals surface area contributed by atoms with E-state index in [0.717, 1.165) is 5.56 Å². The molecule has 0 bridgehead atoms. The van der Waals surface area contributed by atoms with Crippen LogP contribution in [-0.2, 0) is 6.61 Å². The van der Waals surface area contributed by atoms with Gasteiger partial charge < -0.3 is 10.1 Å². The van der Waals surface area contributed by atoms with Gasteiger partial charge in [-0.3, -0.25) is 9.59 Å². The van der Waals surface area contributed by atoms with Crippen LogP contribution in [0.25, 0.3) is 0 Å². The van der Waals surface area contributed by atoms with E-state index in [1.54, 1.807) is 18.2 Å². The number of hydrogen-bond donors (Lipinski definition) is 1. The maximum atomic E-state index is 12.7. The molecule has 0 aromatic heterocycles. The highest BCUT2D eigenvalue weighted by Crippen LogP contribution is 2.29. The van der Waals surface area contributed by atoms with Gasteiger partial charge in [-0.05, 0) is 11.6 Å². The predicted octanol–water partition coefficient (Wildman–Crippen LogP) is 2.75. The van der Waals surface area contributed by atoms with E-state index in [0.29, 0.717) is 17.9 Å². The van der Waals surface area contributed by atoms with E-state index in [-0.39, 0.29) is 29.4 Å². The van der Waals surface area contributed by atoms with Gasteiger partial charge in [0.05, 0.1) is 17.8 Å². The molecular formula is C20H15NO3. The Morgan fingerprint density at radius 3 is 2.58 bits per heavy atom. The Bertz CT molecular complexity index is 860. The van der Waals surface area contributed by atoms with Gasteiger partial charge in [0.1, 0.15) is 12.4 Å². The lowest BCUT2D eigenvalue weighted by Gasteiger charge is -2.19. The van der Waals surface area contributed by atoms with E-state index < -0.39 is 0 Å². The first kappa shape index (κ1) is 15.6. The summed E-state index contributed by atoms with van der Waals surface area (Å²) >= 11 is 0. The molecule has 1 aliphatic carbocycles. The molecule has 1 N–H and O–H groups in total. The molecule has 0 heterocycles. The molecule has 0 radical (unpaired) electrons. The van der Waals surface area contributed by atoms with Crippen LogP contribution in [0.1, 0.15) is 26.3 Å². The molecule has 2 aromatic rings. The molecule has 0 aliphatic heterocycles. The molecule has 118 valence electrons. The quantitative estimate of drug-likeness (QED) is 0.862. The number of ketones is 2. The fourth-order valence-corrected chi connectivity index (χ4v) is 2.51. The number of carbonyl (C=O) groups is 2. The number of benzene rings is 2. The molecule has 0 amide bonds. The monoisotopic (exact) mass is 317 g/mol. The second-order valence-electron chi connectivity index (χ2n) is 5.26. The summed E-state index contributed by atoms with van der Waals surface area (Å²) in [6, 6.07) is 14.6. The van der Waals surface area contributed by atoms with Crippen molar-refractivity contribution in [2.45, 2.75) is 6.61 Å². The molecule has 24 heavy (non-hydrogen) atoms. The number of rotatable bonds is 5. The maximum Gasteiger partial charge on any atom is 0.213 e. The van der Waals surface area contributed by atoms with E-state index in [1.807, 2.05) is 30.3 Å². The number of fused-ring (bicyclic) bond motifs is 1. The smallest absolute Gasteiger partial charge is 0.213 e. The van der Waals surface area contributed by atoms with E-state index in [2.05, 4.69) is 11.2 Å². The summed E-state index contributed by atoms with van der Waals surface area (Å²) in [5.41, 5.74) is 1.80. The van der Waals surface area contributed by atoms with Gasteiger partial charge in [-0.2, -0.15) is 0 Å². The van der Waals surface area contributed by atoms with E-state index in [4.69, 9.17) is 11.2 Å². The number of terminal acetylenes is 1. The molecule has 0 fully saturated rings. The van der Waals surface area contributed by atoms with Crippen molar-refractivity contribution < 1.29 is 14.3 Å². The number of Topliss-reactive ketones (excluding diaryl/α,β-unsaturated/α-hetero) is 1. The second-order valence-corrected chi connectivity index (χ2v) is 5.26. The molecule has 0 saturated heterocycles. The van der Waals surface area contributed by atoms with Crippen molar-refractivity contribution in [1.29, 1.82) is 0 Å². The Labute approximate surface area is 140 Å². The Hall–Kier alpha value is -3.32. The van der Waals surface area contributed by atoms with Crippen LogP contribution in [0, 0.1) is 12.3 Å². The molecule has 4 nitrogen and oxygen atoms in total. The Kier molecular flexibility index (Phi) is 4.44. The molecule has 0 atom stereocenters. The summed E-state index contributed by atoms with van der Waals surface area (Å²) in [7, 11) is 0. The first-order chi connectivity index (χ1) is 11.7. The van der Waals surface area contributed by atoms with Crippen molar-refractivity contribution in [1.82, 2.24) is 5.32 Å². The van der Waals surface area contributed by atoms with Gasteiger partial charge >= 0.3 is 0 Å². The van der Waals surface area contributed by atoms with Crippen LogP contribution in [0.3, 0.4) is 0 Å². The lowest BCUT2D eigenvalue weighted by atomic mass is 9.91. The Balaban J connectivity index is 1.90. The average Bonchev–Trinajstić information content (AvgIpc) is 2.62. The van der Waals surface area contributed by atoms with Gasteiger partial charge in [-0.15, -0.1) is 6.42 Å². The Morgan fingerprint density at radius 1 is 1.04 bits per heavy atom. The maximum absolute atomic E-state index is 12.7. The topological polar surface area (TPSA) is 55.4 Å². The van der Waals surface area contributed by atoms with Crippen molar-refractivity contribution >= 4 is 11.6 Å². The summed E-state index contributed by atoms with van der Waals surface area (Å²) in [5.74, 6) is 2.25. The van der Waals surface area contributed by atoms with Crippen molar-refractivity contribution in [2.75, 3.05) is 6.54 Å². The van der Waals surface area contributed by atoms with Crippen LogP contribution in [0.15, 0.2) is 60.3 Å². The minimum atomic E-state index is -0.288. The van der Waals surface area contributed by atoms with Crippen molar-refractivity contribution in [2.24, 2.45) is 0 Å².